The van der Waals surface area contributed by atoms with E-state index in [1.807, 2.05) is 66.7 Å². The Morgan fingerprint density at radius 1 is 0.775 bits per heavy atom. The van der Waals surface area contributed by atoms with Gasteiger partial charge in [0.1, 0.15) is 11.2 Å². The van der Waals surface area contributed by atoms with Crippen LogP contribution in [0.5, 0.6) is 0 Å². The number of para-hydroxylation sites is 1. The van der Waals surface area contributed by atoms with Crippen molar-refractivity contribution in [3.05, 3.63) is 78.9 Å². The molecule has 5 aromatic rings. The normalized spacial score (nSPS) is 16.6. The second kappa shape index (κ2) is 8.83. The van der Waals surface area contributed by atoms with E-state index in [1.54, 1.807) is 19.6 Å². The van der Waals surface area contributed by atoms with Crippen LogP contribution in [-0.4, -0.2) is 21.5 Å². The SMILES string of the molecule is CC(C)(O[B]c1ccc2c(c1)S(=O)(=O)c1cc(-c3ccc4c(c3)oc3ccccc34)ccc1-2)C(C)(C)C1CCC1. The molecule has 0 amide bonds. The molecular formula is C34H32BO4S. The molecule has 4 aromatic carbocycles. The molecule has 0 unspecified atom stereocenters. The highest BCUT2D eigenvalue weighted by atomic mass is 32.2. The standard InChI is InChI=1S/C34H32BO4S/c1-33(2,23-8-7-9-23)34(3,4)39-35-24-14-17-28-27-16-13-22(19-31(27)40(36,37)32(28)20-24)21-12-15-26-25-10-5-6-11-29(25)38-30(26)18-21/h5-6,10-20,23H,7-9H2,1-4H3. The fourth-order valence-corrected chi connectivity index (χ4v) is 7.96. The minimum atomic E-state index is -3.67. The maximum absolute atomic E-state index is 13.8. The first-order chi connectivity index (χ1) is 19.1. The number of rotatable bonds is 6. The monoisotopic (exact) mass is 547 g/mol. The van der Waals surface area contributed by atoms with Crippen LogP contribution in [0.25, 0.3) is 44.2 Å². The number of sulfone groups is 1. The Labute approximate surface area is 236 Å². The van der Waals surface area contributed by atoms with E-state index in [4.69, 9.17) is 9.07 Å². The van der Waals surface area contributed by atoms with Crippen molar-refractivity contribution in [1.29, 1.82) is 0 Å². The molecule has 4 nitrogen and oxygen atoms in total. The zero-order valence-electron chi connectivity index (χ0n) is 23.3. The van der Waals surface area contributed by atoms with Crippen LogP contribution >= 0.6 is 0 Å². The first-order valence-corrected chi connectivity index (χ1v) is 15.5. The molecule has 6 heteroatoms. The van der Waals surface area contributed by atoms with Gasteiger partial charge in [-0.25, -0.2) is 8.42 Å². The Hall–Kier alpha value is -3.35. The number of furan rings is 1. The minimum absolute atomic E-state index is 0.0164. The lowest BCUT2D eigenvalue weighted by molar-refractivity contribution is -0.0678. The molecular weight excluding hydrogens is 515 g/mol. The summed E-state index contributed by atoms with van der Waals surface area (Å²) in [6.07, 6.45) is 3.76. The van der Waals surface area contributed by atoms with Crippen LogP contribution in [0.4, 0.5) is 0 Å². The van der Waals surface area contributed by atoms with Gasteiger partial charge in [-0.1, -0.05) is 74.3 Å². The minimum Gasteiger partial charge on any atom is -0.456 e. The second-order valence-electron chi connectivity index (χ2n) is 12.4. The molecule has 2 aliphatic rings. The summed E-state index contributed by atoms with van der Waals surface area (Å²) in [4.78, 5) is 0.676. The van der Waals surface area contributed by atoms with Crippen molar-refractivity contribution in [2.45, 2.75) is 62.3 Å². The van der Waals surface area contributed by atoms with Gasteiger partial charge in [0.25, 0.3) is 0 Å². The molecule has 1 aromatic heterocycles. The lowest BCUT2D eigenvalue weighted by atomic mass is 9.60. The molecule has 40 heavy (non-hydrogen) atoms. The zero-order valence-corrected chi connectivity index (χ0v) is 24.1. The van der Waals surface area contributed by atoms with Crippen molar-refractivity contribution in [2.24, 2.45) is 11.3 Å². The molecule has 0 N–H and O–H groups in total. The molecule has 1 aliphatic heterocycles. The van der Waals surface area contributed by atoms with Gasteiger partial charge in [0.05, 0.1) is 15.4 Å². The Kier molecular flexibility index (Phi) is 5.65. The lowest BCUT2D eigenvalue weighted by Gasteiger charge is -2.50. The average molecular weight is 548 g/mol. The molecule has 7 rings (SSSR count). The topological polar surface area (TPSA) is 56.5 Å². The van der Waals surface area contributed by atoms with Crippen LogP contribution in [0.2, 0.25) is 0 Å². The van der Waals surface area contributed by atoms with Gasteiger partial charge in [-0.15, -0.1) is 0 Å². The highest BCUT2D eigenvalue weighted by molar-refractivity contribution is 7.92. The van der Waals surface area contributed by atoms with Crippen LogP contribution in [0.3, 0.4) is 0 Å². The molecule has 1 radical (unpaired) electrons. The molecule has 0 saturated heterocycles. The van der Waals surface area contributed by atoms with Crippen LogP contribution in [-0.2, 0) is 14.5 Å². The van der Waals surface area contributed by atoms with Gasteiger partial charge in [-0.05, 0) is 79.5 Å². The van der Waals surface area contributed by atoms with Gasteiger partial charge < -0.3 is 9.07 Å². The van der Waals surface area contributed by atoms with Crippen molar-refractivity contribution < 1.29 is 17.5 Å². The van der Waals surface area contributed by atoms with E-state index < -0.39 is 9.84 Å². The van der Waals surface area contributed by atoms with E-state index >= 15 is 0 Å². The molecule has 0 spiro atoms. The van der Waals surface area contributed by atoms with Gasteiger partial charge in [-0.3, -0.25) is 0 Å². The zero-order chi connectivity index (χ0) is 27.9. The summed E-state index contributed by atoms with van der Waals surface area (Å²) < 4.78 is 39.9. The Bertz CT molecular complexity index is 1910. The van der Waals surface area contributed by atoms with E-state index in [0.29, 0.717) is 15.7 Å². The highest BCUT2D eigenvalue weighted by Crippen LogP contribution is 2.49. The van der Waals surface area contributed by atoms with Crippen molar-refractivity contribution >= 4 is 44.7 Å². The van der Waals surface area contributed by atoms with Crippen molar-refractivity contribution in [3.8, 4) is 22.3 Å². The third-order valence-corrected chi connectivity index (χ3v) is 11.6. The molecule has 2 heterocycles. The average Bonchev–Trinajstić information content (AvgIpc) is 3.38. The first kappa shape index (κ1) is 25.6. The molecule has 1 saturated carbocycles. The summed E-state index contributed by atoms with van der Waals surface area (Å²) in [5.41, 5.74) is 5.25. The molecule has 201 valence electrons. The van der Waals surface area contributed by atoms with Crippen LogP contribution < -0.4 is 5.46 Å². The number of benzene rings is 4. The summed E-state index contributed by atoms with van der Waals surface area (Å²) >= 11 is 0. The van der Waals surface area contributed by atoms with Gasteiger partial charge in [0.15, 0.2) is 0 Å². The van der Waals surface area contributed by atoms with Crippen molar-refractivity contribution in [2.75, 3.05) is 0 Å². The molecule has 1 aliphatic carbocycles. The maximum atomic E-state index is 13.8. The summed E-state index contributed by atoms with van der Waals surface area (Å²) in [6.45, 7) is 8.81. The second-order valence-corrected chi connectivity index (χ2v) is 14.3. The van der Waals surface area contributed by atoms with E-state index in [1.165, 1.54) is 19.3 Å². The third kappa shape index (κ3) is 3.80. The predicted molar refractivity (Wildman–Crippen MR) is 162 cm³/mol. The smallest absolute Gasteiger partial charge is 0.330 e. The van der Waals surface area contributed by atoms with E-state index in [2.05, 4.69) is 27.7 Å². The van der Waals surface area contributed by atoms with Crippen LogP contribution in [0, 0.1) is 11.3 Å². The molecule has 0 bridgehead atoms. The van der Waals surface area contributed by atoms with E-state index in [9.17, 15) is 8.42 Å². The van der Waals surface area contributed by atoms with E-state index in [0.717, 1.165) is 49.7 Å². The van der Waals surface area contributed by atoms with Gasteiger partial charge in [0, 0.05) is 21.9 Å². The third-order valence-electron chi connectivity index (χ3n) is 9.74. The number of hydrogen-bond donors (Lipinski definition) is 0. The summed E-state index contributed by atoms with van der Waals surface area (Å²) in [5, 5.41) is 2.12. The summed E-state index contributed by atoms with van der Waals surface area (Å²) in [5.74, 6) is 0.646. The largest absolute Gasteiger partial charge is 0.456 e. The fraction of sp³-hybridized carbons (Fsp3) is 0.294. The predicted octanol–water partition coefficient (Wildman–Crippen LogP) is 7.93. The Morgan fingerprint density at radius 3 is 2.17 bits per heavy atom. The molecule has 0 atom stereocenters. The molecule has 1 fully saturated rings. The van der Waals surface area contributed by atoms with E-state index in [-0.39, 0.29) is 11.0 Å². The number of hydrogen-bond acceptors (Lipinski definition) is 4. The highest BCUT2D eigenvalue weighted by Gasteiger charge is 2.45. The summed E-state index contributed by atoms with van der Waals surface area (Å²) in [7, 11) is -1.94. The fourth-order valence-electron chi connectivity index (χ4n) is 6.22. The number of fused-ring (bicyclic) bond motifs is 6. The van der Waals surface area contributed by atoms with Crippen molar-refractivity contribution in [1.82, 2.24) is 0 Å². The van der Waals surface area contributed by atoms with Gasteiger partial charge in [-0.2, -0.15) is 0 Å². The van der Waals surface area contributed by atoms with Crippen LogP contribution in [0.1, 0.15) is 47.0 Å². The maximum Gasteiger partial charge on any atom is 0.330 e. The quantitative estimate of drug-likeness (QED) is 0.199. The van der Waals surface area contributed by atoms with Gasteiger partial charge >= 0.3 is 7.48 Å². The Morgan fingerprint density at radius 2 is 1.43 bits per heavy atom. The first-order valence-electron chi connectivity index (χ1n) is 14.0. The van der Waals surface area contributed by atoms with Gasteiger partial charge in [0.2, 0.25) is 9.84 Å². The summed E-state index contributed by atoms with van der Waals surface area (Å²) in [6, 6.07) is 25.3. The lowest BCUT2D eigenvalue weighted by Crippen LogP contribution is -2.50. The van der Waals surface area contributed by atoms with Crippen LogP contribution in [0.15, 0.2) is 93.1 Å². The van der Waals surface area contributed by atoms with Crippen molar-refractivity contribution in [3.63, 3.8) is 0 Å². The Balaban J connectivity index is 1.19.